The van der Waals surface area contributed by atoms with Crippen molar-refractivity contribution in [1.82, 2.24) is 20.4 Å². The van der Waals surface area contributed by atoms with Crippen molar-refractivity contribution < 1.29 is 18.4 Å². The maximum absolute atomic E-state index is 13.7. The average Bonchev–Trinajstić information content (AvgIpc) is 3.33. The summed E-state index contributed by atoms with van der Waals surface area (Å²) in [6.07, 6.45) is 2.71. The highest BCUT2D eigenvalue weighted by molar-refractivity contribution is 7.98. The Morgan fingerprint density at radius 3 is 2.74 bits per heavy atom. The van der Waals surface area contributed by atoms with E-state index in [9.17, 15) is 9.18 Å². The summed E-state index contributed by atoms with van der Waals surface area (Å²) in [5.74, 6) is 0.188. The molecule has 1 aliphatic heterocycles. The smallest absolute Gasteiger partial charge is 0.322 e. The second-order valence-corrected chi connectivity index (χ2v) is 8.67. The van der Waals surface area contributed by atoms with Crippen molar-refractivity contribution in [2.45, 2.75) is 31.2 Å². The Morgan fingerprint density at radius 2 is 2.03 bits per heavy atom. The van der Waals surface area contributed by atoms with Gasteiger partial charge in [0.2, 0.25) is 5.82 Å². The molecule has 1 unspecified atom stereocenters. The van der Waals surface area contributed by atoms with E-state index in [0.29, 0.717) is 37.3 Å². The van der Waals surface area contributed by atoms with Gasteiger partial charge in [0.25, 0.3) is 5.89 Å². The Balaban J connectivity index is 1.73. The third-order valence-corrected chi connectivity index (χ3v) is 6.40. The van der Waals surface area contributed by atoms with Gasteiger partial charge in [-0.2, -0.15) is 4.98 Å². The Bertz CT molecular complexity index is 1180. The van der Waals surface area contributed by atoms with Gasteiger partial charge in [0.15, 0.2) is 0 Å². The van der Waals surface area contributed by atoms with Crippen LogP contribution in [0, 0.1) is 5.82 Å². The van der Waals surface area contributed by atoms with Gasteiger partial charge in [-0.1, -0.05) is 29.4 Å². The van der Waals surface area contributed by atoms with Gasteiger partial charge in [-0.05, 0) is 56.4 Å². The summed E-state index contributed by atoms with van der Waals surface area (Å²) in [7, 11) is 0. The number of allylic oxidation sites excluding steroid dienone is 1. The Kier molecular flexibility index (Phi) is 7.64. The van der Waals surface area contributed by atoms with E-state index in [1.807, 2.05) is 44.4 Å². The molecule has 2 amide bonds. The van der Waals surface area contributed by atoms with Crippen molar-refractivity contribution in [3.8, 4) is 11.4 Å². The standard InChI is InChI=1S/C25H27FN4O3S/c1-4-32-14-6-13-30-16(2)21(22(27-25(30)31)17-9-11-20(34-3)12-10-17)24-28-23(29-33-24)18-7-5-8-19(26)15-18/h5,7-12,15,22H,4,6,13-14H2,1-3H3,(H,27,31). The number of thioether (sulfide) groups is 1. The number of ether oxygens (including phenoxy) is 1. The number of amides is 2. The van der Waals surface area contributed by atoms with Gasteiger partial charge in [0, 0.05) is 35.9 Å². The number of hydrogen-bond acceptors (Lipinski definition) is 6. The SMILES string of the molecule is CCOCCCN1C(=O)NC(c2ccc(SC)cc2)C(c2nc(-c3cccc(F)c3)no2)=C1C. The molecule has 0 aliphatic carbocycles. The number of aromatic nitrogens is 2. The molecule has 0 fully saturated rings. The normalized spacial score (nSPS) is 16.2. The second kappa shape index (κ2) is 10.8. The zero-order chi connectivity index (χ0) is 24.1. The molecule has 2 heterocycles. The Labute approximate surface area is 202 Å². The zero-order valence-electron chi connectivity index (χ0n) is 19.4. The van der Waals surface area contributed by atoms with E-state index in [1.165, 1.54) is 12.1 Å². The highest BCUT2D eigenvalue weighted by Crippen LogP contribution is 2.37. The van der Waals surface area contributed by atoms with Crippen LogP contribution in [-0.2, 0) is 4.74 Å². The summed E-state index contributed by atoms with van der Waals surface area (Å²) in [6, 6.07) is 13.4. The van der Waals surface area contributed by atoms with Crippen LogP contribution >= 0.6 is 11.8 Å². The molecule has 0 saturated heterocycles. The number of hydrogen-bond donors (Lipinski definition) is 1. The predicted octanol–water partition coefficient (Wildman–Crippen LogP) is 5.52. The third-order valence-electron chi connectivity index (χ3n) is 5.66. The first-order chi connectivity index (χ1) is 16.5. The number of halogens is 1. The molecule has 0 saturated carbocycles. The van der Waals surface area contributed by atoms with Crippen LogP contribution in [0.1, 0.15) is 37.8 Å². The molecule has 2 aromatic carbocycles. The summed E-state index contributed by atoms with van der Waals surface area (Å²) in [5, 5.41) is 7.17. The highest BCUT2D eigenvalue weighted by Gasteiger charge is 2.35. The maximum atomic E-state index is 13.7. The molecule has 0 spiro atoms. The number of benzene rings is 2. The largest absolute Gasteiger partial charge is 0.382 e. The van der Waals surface area contributed by atoms with Gasteiger partial charge in [-0.3, -0.25) is 4.90 Å². The Hall–Kier alpha value is -3.17. The third kappa shape index (κ3) is 5.15. The minimum Gasteiger partial charge on any atom is -0.382 e. The number of rotatable bonds is 9. The molecule has 1 N–H and O–H groups in total. The lowest BCUT2D eigenvalue weighted by molar-refractivity contribution is 0.136. The van der Waals surface area contributed by atoms with Gasteiger partial charge < -0.3 is 14.6 Å². The van der Waals surface area contributed by atoms with Crippen LogP contribution < -0.4 is 5.32 Å². The lowest BCUT2D eigenvalue weighted by atomic mass is 9.94. The molecule has 7 nitrogen and oxygen atoms in total. The van der Waals surface area contributed by atoms with Crippen LogP contribution in [0.5, 0.6) is 0 Å². The molecule has 4 rings (SSSR count). The van der Waals surface area contributed by atoms with E-state index < -0.39 is 6.04 Å². The van der Waals surface area contributed by atoms with Crippen LogP contribution in [0.4, 0.5) is 9.18 Å². The van der Waals surface area contributed by atoms with Crippen molar-refractivity contribution in [1.29, 1.82) is 0 Å². The van der Waals surface area contributed by atoms with Crippen LogP contribution in [0.15, 0.2) is 63.6 Å². The van der Waals surface area contributed by atoms with Crippen molar-refractivity contribution in [2.75, 3.05) is 26.0 Å². The second-order valence-electron chi connectivity index (χ2n) is 7.79. The lowest BCUT2D eigenvalue weighted by Gasteiger charge is -2.35. The summed E-state index contributed by atoms with van der Waals surface area (Å²) < 4.78 is 24.8. The first-order valence-electron chi connectivity index (χ1n) is 11.1. The fraction of sp³-hybridized carbons (Fsp3) is 0.320. The first-order valence-corrected chi connectivity index (χ1v) is 12.3. The number of urea groups is 1. The fourth-order valence-electron chi connectivity index (χ4n) is 3.92. The quantitative estimate of drug-likeness (QED) is 0.319. The highest BCUT2D eigenvalue weighted by atomic mass is 32.2. The number of nitrogens with zero attached hydrogens (tertiary/aromatic N) is 3. The van der Waals surface area contributed by atoms with E-state index >= 15 is 0 Å². The number of nitrogens with one attached hydrogen (secondary N) is 1. The van der Waals surface area contributed by atoms with Crippen molar-refractivity contribution in [3.63, 3.8) is 0 Å². The summed E-state index contributed by atoms with van der Waals surface area (Å²) >= 11 is 1.65. The van der Waals surface area contributed by atoms with E-state index in [2.05, 4.69) is 15.5 Å². The topological polar surface area (TPSA) is 80.5 Å². The first kappa shape index (κ1) is 24.0. The van der Waals surface area contributed by atoms with Crippen molar-refractivity contribution in [3.05, 3.63) is 71.5 Å². The number of carbonyl (C=O) groups is 1. The predicted molar refractivity (Wildman–Crippen MR) is 130 cm³/mol. The van der Waals surface area contributed by atoms with Gasteiger partial charge in [0.05, 0.1) is 11.6 Å². The van der Waals surface area contributed by atoms with E-state index in [0.717, 1.165) is 16.2 Å². The minimum atomic E-state index is -0.465. The molecule has 1 aliphatic rings. The van der Waals surface area contributed by atoms with E-state index in [-0.39, 0.29) is 23.6 Å². The van der Waals surface area contributed by atoms with Gasteiger partial charge >= 0.3 is 6.03 Å². The summed E-state index contributed by atoms with van der Waals surface area (Å²) in [4.78, 5) is 20.4. The van der Waals surface area contributed by atoms with Crippen LogP contribution in [0.3, 0.4) is 0 Å². The Morgan fingerprint density at radius 1 is 1.24 bits per heavy atom. The summed E-state index contributed by atoms with van der Waals surface area (Å²) in [5.41, 5.74) is 2.86. The van der Waals surface area contributed by atoms with Gasteiger partial charge in [-0.15, -0.1) is 11.8 Å². The minimum absolute atomic E-state index is 0.193. The molecule has 9 heteroatoms. The van der Waals surface area contributed by atoms with Gasteiger partial charge in [-0.25, -0.2) is 9.18 Å². The fourth-order valence-corrected chi connectivity index (χ4v) is 4.33. The molecule has 1 aromatic heterocycles. The molecule has 34 heavy (non-hydrogen) atoms. The zero-order valence-corrected chi connectivity index (χ0v) is 20.2. The number of carbonyl (C=O) groups excluding carboxylic acids is 1. The molecule has 0 bridgehead atoms. The maximum Gasteiger partial charge on any atom is 0.322 e. The molecule has 1 atom stereocenters. The molecule has 3 aromatic rings. The van der Waals surface area contributed by atoms with E-state index in [4.69, 9.17) is 9.26 Å². The molecular formula is C25H27FN4O3S. The molecule has 178 valence electrons. The van der Waals surface area contributed by atoms with E-state index in [1.54, 1.807) is 28.8 Å². The lowest BCUT2D eigenvalue weighted by Crippen LogP contribution is -2.46. The average molecular weight is 483 g/mol. The van der Waals surface area contributed by atoms with Crippen LogP contribution in [-0.4, -0.2) is 47.1 Å². The van der Waals surface area contributed by atoms with Gasteiger partial charge in [0.1, 0.15) is 5.82 Å². The monoisotopic (exact) mass is 482 g/mol. The molecule has 0 radical (unpaired) electrons. The van der Waals surface area contributed by atoms with Crippen LogP contribution in [0.25, 0.3) is 17.0 Å². The van der Waals surface area contributed by atoms with Crippen molar-refractivity contribution in [2.24, 2.45) is 0 Å². The molecular weight excluding hydrogens is 455 g/mol. The summed E-state index contributed by atoms with van der Waals surface area (Å²) in [6.45, 7) is 5.50. The van der Waals surface area contributed by atoms with Crippen LogP contribution in [0.2, 0.25) is 0 Å². The van der Waals surface area contributed by atoms with Crippen molar-refractivity contribution >= 4 is 23.4 Å².